The number of aromatic nitrogens is 1. The van der Waals surface area contributed by atoms with Crippen LogP contribution in [0.5, 0.6) is 0 Å². The Hall–Kier alpha value is -2.30. The molecular formula is C15H17N3O2. The second kappa shape index (κ2) is 5.00. The van der Waals surface area contributed by atoms with E-state index >= 15 is 0 Å². The lowest BCUT2D eigenvalue weighted by atomic mass is 10.1. The zero-order valence-electron chi connectivity index (χ0n) is 11.3. The summed E-state index contributed by atoms with van der Waals surface area (Å²) < 4.78 is 0. The number of nitrogens with zero attached hydrogens (tertiary/aromatic N) is 1. The zero-order valence-corrected chi connectivity index (χ0v) is 11.3. The van der Waals surface area contributed by atoms with Gasteiger partial charge in [0, 0.05) is 35.8 Å². The van der Waals surface area contributed by atoms with E-state index in [4.69, 9.17) is 0 Å². The maximum absolute atomic E-state index is 12.6. The van der Waals surface area contributed by atoms with Crippen LogP contribution >= 0.6 is 0 Å². The van der Waals surface area contributed by atoms with E-state index < -0.39 is 6.04 Å². The van der Waals surface area contributed by atoms with Gasteiger partial charge in [0.25, 0.3) is 5.91 Å². The summed E-state index contributed by atoms with van der Waals surface area (Å²) in [6.45, 7) is 3.00. The first kappa shape index (κ1) is 12.7. The van der Waals surface area contributed by atoms with Gasteiger partial charge in [0.1, 0.15) is 6.04 Å². The number of aromatic amines is 1. The number of amides is 2. The van der Waals surface area contributed by atoms with E-state index in [0.29, 0.717) is 18.7 Å². The molecule has 5 heteroatoms. The van der Waals surface area contributed by atoms with E-state index in [1.807, 2.05) is 24.4 Å². The van der Waals surface area contributed by atoms with Crippen LogP contribution in [0.1, 0.15) is 23.7 Å². The van der Waals surface area contributed by atoms with Crippen molar-refractivity contribution in [3.05, 3.63) is 36.0 Å². The molecule has 1 atom stereocenters. The highest BCUT2D eigenvalue weighted by Gasteiger charge is 2.28. The van der Waals surface area contributed by atoms with Gasteiger partial charge >= 0.3 is 0 Å². The van der Waals surface area contributed by atoms with Gasteiger partial charge in [0.15, 0.2) is 0 Å². The van der Waals surface area contributed by atoms with Crippen molar-refractivity contribution < 1.29 is 9.59 Å². The van der Waals surface area contributed by atoms with E-state index in [-0.39, 0.29) is 11.8 Å². The molecule has 1 aromatic carbocycles. The first-order valence-electron chi connectivity index (χ1n) is 6.82. The van der Waals surface area contributed by atoms with Gasteiger partial charge in [-0.2, -0.15) is 0 Å². The molecule has 1 unspecified atom stereocenters. The predicted octanol–water partition coefficient (Wildman–Crippen LogP) is 1.52. The number of benzene rings is 1. The fourth-order valence-corrected chi connectivity index (χ4v) is 2.57. The molecule has 0 spiro atoms. The summed E-state index contributed by atoms with van der Waals surface area (Å²) in [5, 5.41) is 3.82. The van der Waals surface area contributed by atoms with Crippen LogP contribution in [0.4, 0.5) is 0 Å². The summed E-state index contributed by atoms with van der Waals surface area (Å²) in [5.74, 6) is -0.170. The Morgan fingerprint density at radius 2 is 2.20 bits per heavy atom. The van der Waals surface area contributed by atoms with E-state index in [0.717, 1.165) is 17.3 Å². The number of fused-ring (bicyclic) bond motifs is 1. The van der Waals surface area contributed by atoms with Gasteiger partial charge in [-0.25, -0.2) is 0 Å². The van der Waals surface area contributed by atoms with Crippen LogP contribution in [0.15, 0.2) is 30.5 Å². The lowest BCUT2D eigenvalue weighted by Crippen LogP contribution is -2.45. The molecule has 5 nitrogen and oxygen atoms in total. The predicted molar refractivity (Wildman–Crippen MR) is 76.4 cm³/mol. The van der Waals surface area contributed by atoms with Crippen molar-refractivity contribution in [2.24, 2.45) is 0 Å². The Morgan fingerprint density at radius 3 is 3.05 bits per heavy atom. The van der Waals surface area contributed by atoms with Gasteiger partial charge in [-0.3, -0.25) is 9.59 Å². The summed E-state index contributed by atoms with van der Waals surface area (Å²) in [5.41, 5.74) is 1.63. The molecule has 3 rings (SSSR count). The van der Waals surface area contributed by atoms with Crippen LogP contribution in [-0.4, -0.2) is 40.8 Å². The minimum absolute atomic E-state index is 0.0847. The first-order chi connectivity index (χ1) is 9.66. The van der Waals surface area contributed by atoms with Crippen molar-refractivity contribution in [2.45, 2.75) is 19.4 Å². The van der Waals surface area contributed by atoms with Crippen molar-refractivity contribution >= 4 is 22.7 Å². The summed E-state index contributed by atoms with van der Waals surface area (Å²) in [6.07, 6.45) is 2.63. The zero-order chi connectivity index (χ0) is 14.1. The van der Waals surface area contributed by atoms with Crippen molar-refractivity contribution in [3.63, 3.8) is 0 Å². The van der Waals surface area contributed by atoms with E-state index in [2.05, 4.69) is 10.3 Å². The van der Waals surface area contributed by atoms with Crippen LogP contribution in [0, 0.1) is 0 Å². The van der Waals surface area contributed by atoms with Gasteiger partial charge in [0.2, 0.25) is 5.91 Å². The van der Waals surface area contributed by atoms with Gasteiger partial charge < -0.3 is 15.2 Å². The monoisotopic (exact) mass is 271 g/mol. The number of H-pyrrole nitrogens is 1. The number of carbonyl (C=O) groups is 2. The molecule has 2 N–H and O–H groups in total. The van der Waals surface area contributed by atoms with E-state index in [1.165, 1.54) is 0 Å². The molecule has 2 heterocycles. The second-order valence-electron chi connectivity index (χ2n) is 5.10. The molecule has 2 aromatic rings. The van der Waals surface area contributed by atoms with Crippen molar-refractivity contribution in [1.29, 1.82) is 0 Å². The largest absolute Gasteiger partial charge is 0.361 e. The third kappa shape index (κ3) is 2.15. The second-order valence-corrected chi connectivity index (χ2v) is 5.10. The number of hydrogen-bond donors (Lipinski definition) is 2. The van der Waals surface area contributed by atoms with Gasteiger partial charge in [-0.15, -0.1) is 0 Å². The van der Waals surface area contributed by atoms with Crippen LogP contribution in [0.25, 0.3) is 10.9 Å². The smallest absolute Gasteiger partial charge is 0.254 e. The van der Waals surface area contributed by atoms with Crippen LogP contribution < -0.4 is 5.32 Å². The maximum Gasteiger partial charge on any atom is 0.254 e. The minimum Gasteiger partial charge on any atom is -0.361 e. The summed E-state index contributed by atoms with van der Waals surface area (Å²) in [7, 11) is 0. The summed E-state index contributed by atoms with van der Waals surface area (Å²) in [6, 6.07) is 7.07. The molecule has 2 amide bonds. The molecular weight excluding hydrogens is 254 g/mol. The van der Waals surface area contributed by atoms with Gasteiger partial charge in [0.05, 0.1) is 0 Å². The molecule has 1 aliphatic heterocycles. The summed E-state index contributed by atoms with van der Waals surface area (Å²) >= 11 is 0. The van der Waals surface area contributed by atoms with E-state index in [9.17, 15) is 9.59 Å². The molecule has 1 fully saturated rings. The number of nitrogens with one attached hydrogen (secondary N) is 2. The standard InChI is InChI=1S/C15H17N3O2/c1-10-14(19)17-6-2-8-18(10)15(20)12-3-4-13-11(9-12)5-7-16-13/h3-5,7,9-10,16H,2,6,8H2,1H3,(H,17,19). The molecule has 1 saturated heterocycles. The van der Waals surface area contributed by atoms with Crippen molar-refractivity contribution in [1.82, 2.24) is 15.2 Å². The Bertz CT molecular complexity index is 662. The lowest BCUT2D eigenvalue weighted by Gasteiger charge is -2.25. The summed E-state index contributed by atoms with van der Waals surface area (Å²) in [4.78, 5) is 29.2. The molecule has 1 aliphatic rings. The molecule has 0 saturated carbocycles. The van der Waals surface area contributed by atoms with Crippen molar-refractivity contribution in [3.8, 4) is 0 Å². The number of hydrogen-bond acceptors (Lipinski definition) is 2. The Morgan fingerprint density at radius 1 is 1.35 bits per heavy atom. The molecule has 104 valence electrons. The van der Waals surface area contributed by atoms with Crippen molar-refractivity contribution in [2.75, 3.05) is 13.1 Å². The average Bonchev–Trinajstić information content (AvgIpc) is 2.86. The van der Waals surface area contributed by atoms with Crippen LogP contribution in [-0.2, 0) is 4.79 Å². The molecule has 1 aromatic heterocycles. The van der Waals surface area contributed by atoms with Gasteiger partial charge in [-0.1, -0.05) is 0 Å². The van der Waals surface area contributed by atoms with Crippen LogP contribution in [0.3, 0.4) is 0 Å². The highest BCUT2D eigenvalue weighted by molar-refractivity contribution is 6.00. The number of carbonyl (C=O) groups excluding carboxylic acids is 2. The minimum atomic E-state index is -0.424. The fraction of sp³-hybridized carbons (Fsp3) is 0.333. The molecule has 0 bridgehead atoms. The highest BCUT2D eigenvalue weighted by atomic mass is 16.2. The van der Waals surface area contributed by atoms with E-state index in [1.54, 1.807) is 17.9 Å². The third-order valence-corrected chi connectivity index (χ3v) is 3.78. The fourth-order valence-electron chi connectivity index (χ4n) is 2.57. The first-order valence-corrected chi connectivity index (χ1v) is 6.82. The molecule has 0 radical (unpaired) electrons. The number of rotatable bonds is 1. The topological polar surface area (TPSA) is 65.2 Å². The lowest BCUT2D eigenvalue weighted by molar-refractivity contribution is -0.124. The Labute approximate surface area is 117 Å². The quantitative estimate of drug-likeness (QED) is 0.826. The third-order valence-electron chi connectivity index (χ3n) is 3.78. The Balaban J connectivity index is 1.91. The normalized spacial score (nSPS) is 19.8. The molecule has 20 heavy (non-hydrogen) atoms. The maximum atomic E-state index is 12.6. The Kier molecular flexibility index (Phi) is 3.18. The average molecular weight is 271 g/mol. The SMILES string of the molecule is CC1C(=O)NCCCN1C(=O)c1ccc2[nH]ccc2c1. The highest BCUT2D eigenvalue weighted by Crippen LogP contribution is 2.17. The van der Waals surface area contributed by atoms with Gasteiger partial charge in [-0.05, 0) is 37.6 Å². The molecule has 0 aliphatic carbocycles. The van der Waals surface area contributed by atoms with Crippen LogP contribution in [0.2, 0.25) is 0 Å².